The molecule has 3 rings (SSSR count). The fourth-order valence-electron chi connectivity index (χ4n) is 3.14. The van der Waals surface area contributed by atoms with Gasteiger partial charge in [0, 0.05) is 12.5 Å². The summed E-state index contributed by atoms with van der Waals surface area (Å²) >= 11 is 0. The van der Waals surface area contributed by atoms with Crippen molar-refractivity contribution >= 4 is 5.91 Å². The van der Waals surface area contributed by atoms with Gasteiger partial charge in [-0.2, -0.15) is 0 Å². The molecule has 22 heavy (non-hydrogen) atoms. The van der Waals surface area contributed by atoms with E-state index in [1.807, 2.05) is 6.07 Å². The van der Waals surface area contributed by atoms with Crippen LogP contribution in [0.1, 0.15) is 23.5 Å². The fourth-order valence-corrected chi connectivity index (χ4v) is 3.14. The number of carbonyl (C=O) groups excluding carboxylic acids is 1. The molecule has 0 bridgehead atoms. The number of amides is 1. The molecule has 3 nitrogen and oxygen atoms in total. The number of methoxy groups -OCH3 is 1. The molecule has 2 aromatic rings. The van der Waals surface area contributed by atoms with Crippen molar-refractivity contribution in [1.82, 2.24) is 5.32 Å². The Morgan fingerprint density at radius 2 is 2.00 bits per heavy atom. The molecule has 112 valence electrons. The highest BCUT2D eigenvalue weighted by Gasteiger charge is 2.28. The van der Waals surface area contributed by atoms with Gasteiger partial charge in [0.2, 0.25) is 5.91 Å². The molecule has 3 heteroatoms. The molecule has 1 atom stereocenters. The van der Waals surface area contributed by atoms with Crippen molar-refractivity contribution in [2.75, 3.05) is 13.7 Å². The summed E-state index contributed by atoms with van der Waals surface area (Å²) in [7, 11) is 1.68. The van der Waals surface area contributed by atoms with Crippen LogP contribution in [-0.4, -0.2) is 19.6 Å². The third-order valence-electron chi connectivity index (χ3n) is 4.18. The maximum atomic E-state index is 11.3. The van der Waals surface area contributed by atoms with Gasteiger partial charge in [-0.3, -0.25) is 4.79 Å². The van der Waals surface area contributed by atoms with Gasteiger partial charge >= 0.3 is 0 Å². The summed E-state index contributed by atoms with van der Waals surface area (Å²) in [4.78, 5) is 11.3. The molecule has 0 spiro atoms. The van der Waals surface area contributed by atoms with Crippen molar-refractivity contribution in [3.05, 3.63) is 66.2 Å². The average molecular weight is 293 g/mol. The lowest BCUT2D eigenvalue weighted by Gasteiger charge is -2.14. The van der Waals surface area contributed by atoms with E-state index in [1.165, 1.54) is 28.3 Å². The van der Waals surface area contributed by atoms with Crippen LogP contribution in [0.3, 0.4) is 0 Å². The predicted octanol–water partition coefficient (Wildman–Crippen LogP) is 3.50. The zero-order valence-electron chi connectivity index (χ0n) is 12.6. The Bertz CT molecular complexity index is 721. The fraction of sp³-hybridized carbons (Fsp3) is 0.211. The molecule has 0 saturated carbocycles. The van der Waals surface area contributed by atoms with Crippen LogP contribution >= 0.6 is 0 Å². The second-order valence-electron chi connectivity index (χ2n) is 5.38. The minimum Gasteiger partial charge on any atom is -0.497 e. The smallest absolute Gasteiger partial charge is 0.243 e. The highest BCUT2D eigenvalue weighted by Crippen LogP contribution is 2.47. The SMILES string of the molecule is C=CC(=O)NCCC1c2ccccc2-c2ccc(OC)cc21. The standard InChI is InChI=1S/C19H19NO2/c1-3-19(21)20-11-10-17-15-7-5-4-6-14(15)16-9-8-13(22-2)12-18(16)17/h3-9,12,17H,1,10-11H2,2H3,(H,20,21). The van der Waals surface area contributed by atoms with Crippen molar-refractivity contribution in [2.24, 2.45) is 0 Å². The molecule has 0 saturated heterocycles. The van der Waals surface area contributed by atoms with Gasteiger partial charge in [-0.15, -0.1) is 0 Å². The molecule has 1 N–H and O–H groups in total. The van der Waals surface area contributed by atoms with E-state index in [9.17, 15) is 4.79 Å². The lowest BCUT2D eigenvalue weighted by molar-refractivity contribution is -0.116. The first-order valence-electron chi connectivity index (χ1n) is 7.42. The minimum atomic E-state index is -0.128. The van der Waals surface area contributed by atoms with Gasteiger partial charge < -0.3 is 10.1 Å². The summed E-state index contributed by atoms with van der Waals surface area (Å²) in [5.41, 5.74) is 5.13. The minimum absolute atomic E-state index is 0.128. The molecule has 1 aliphatic rings. The zero-order valence-corrected chi connectivity index (χ0v) is 12.6. The Labute approximate surface area is 130 Å². The van der Waals surface area contributed by atoms with Gasteiger partial charge in [0.05, 0.1) is 7.11 Å². The summed E-state index contributed by atoms with van der Waals surface area (Å²) in [5.74, 6) is 1.02. The molecule has 0 heterocycles. The van der Waals surface area contributed by atoms with Crippen LogP contribution in [0.2, 0.25) is 0 Å². The van der Waals surface area contributed by atoms with Crippen LogP contribution in [0.4, 0.5) is 0 Å². The summed E-state index contributed by atoms with van der Waals surface area (Å²) in [6.45, 7) is 4.10. The van der Waals surface area contributed by atoms with Crippen molar-refractivity contribution in [3.8, 4) is 16.9 Å². The van der Waals surface area contributed by atoms with Gasteiger partial charge in [-0.1, -0.05) is 36.9 Å². The van der Waals surface area contributed by atoms with Crippen LogP contribution in [0.25, 0.3) is 11.1 Å². The molecule has 1 amide bonds. The number of fused-ring (bicyclic) bond motifs is 3. The first-order valence-corrected chi connectivity index (χ1v) is 7.42. The van der Waals surface area contributed by atoms with Crippen molar-refractivity contribution in [2.45, 2.75) is 12.3 Å². The van der Waals surface area contributed by atoms with Crippen LogP contribution in [0.15, 0.2) is 55.1 Å². The molecule has 0 aliphatic heterocycles. The van der Waals surface area contributed by atoms with E-state index in [1.54, 1.807) is 7.11 Å². The van der Waals surface area contributed by atoms with Crippen molar-refractivity contribution in [1.29, 1.82) is 0 Å². The Hall–Kier alpha value is -2.55. The van der Waals surface area contributed by atoms with Gasteiger partial charge in [-0.05, 0) is 46.9 Å². The zero-order chi connectivity index (χ0) is 15.5. The second-order valence-corrected chi connectivity index (χ2v) is 5.38. The van der Waals surface area contributed by atoms with Gasteiger partial charge in [-0.25, -0.2) is 0 Å². The van der Waals surface area contributed by atoms with E-state index in [2.05, 4.69) is 48.3 Å². The first kappa shape index (κ1) is 14.4. The Morgan fingerprint density at radius 3 is 2.77 bits per heavy atom. The van der Waals surface area contributed by atoms with E-state index in [0.29, 0.717) is 6.54 Å². The predicted molar refractivity (Wildman–Crippen MR) is 88.1 cm³/mol. The molecule has 0 aromatic heterocycles. The second kappa shape index (κ2) is 6.06. The number of ether oxygens (including phenoxy) is 1. The van der Waals surface area contributed by atoms with Crippen LogP contribution < -0.4 is 10.1 Å². The third-order valence-corrected chi connectivity index (χ3v) is 4.18. The topological polar surface area (TPSA) is 38.3 Å². The Morgan fingerprint density at radius 1 is 1.23 bits per heavy atom. The monoisotopic (exact) mass is 293 g/mol. The number of nitrogens with one attached hydrogen (secondary N) is 1. The highest BCUT2D eigenvalue weighted by molar-refractivity contribution is 5.86. The number of rotatable bonds is 5. The van der Waals surface area contributed by atoms with E-state index >= 15 is 0 Å². The maximum absolute atomic E-state index is 11.3. The van der Waals surface area contributed by atoms with E-state index in [0.717, 1.165) is 12.2 Å². The number of carbonyl (C=O) groups is 1. The van der Waals surface area contributed by atoms with Gasteiger partial charge in [0.15, 0.2) is 0 Å². The van der Waals surface area contributed by atoms with Crippen molar-refractivity contribution < 1.29 is 9.53 Å². The van der Waals surface area contributed by atoms with E-state index in [4.69, 9.17) is 4.74 Å². The Balaban J connectivity index is 1.92. The average Bonchev–Trinajstić information content (AvgIpc) is 2.88. The first-order chi connectivity index (χ1) is 10.7. The Kier molecular flexibility index (Phi) is 3.96. The maximum Gasteiger partial charge on any atom is 0.243 e. The summed E-state index contributed by atoms with van der Waals surface area (Å²) in [6.07, 6.45) is 2.16. The number of benzene rings is 2. The van der Waals surface area contributed by atoms with Gasteiger partial charge in [0.1, 0.15) is 5.75 Å². The van der Waals surface area contributed by atoms with E-state index in [-0.39, 0.29) is 11.8 Å². The largest absolute Gasteiger partial charge is 0.497 e. The molecular formula is C19H19NO2. The molecule has 2 aromatic carbocycles. The highest BCUT2D eigenvalue weighted by atomic mass is 16.5. The molecule has 0 radical (unpaired) electrons. The van der Waals surface area contributed by atoms with Crippen molar-refractivity contribution in [3.63, 3.8) is 0 Å². The summed E-state index contributed by atoms with van der Waals surface area (Å²) in [5, 5.41) is 2.86. The number of hydrogen-bond donors (Lipinski definition) is 1. The molecule has 1 unspecified atom stereocenters. The quantitative estimate of drug-likeness (QED) is 0.857. The molecular weight excluding hydrogens is 274 g/mol. The lowest BCUT2D eigenvalue weighted by atomic mass is 9.93. The lowest BCUT2D eigenvalue weighted by Crippen LogP contribution is -2.23. The normalized spacial score (nSPS) is 14.9. The molecule has 1 aliphatic carbocycles. The molecule has 0 fully saturated rings. The number of hydrogen-bond acceptors (Lipinski definition) is 2. The van der Waals surface area contributed by atoms with Crippen LogP contribution in [0.5, 0.6) is 5.75 Å². The summed E-state index contributed by atoms with van der Waals surface area (Å²) in [6, 6.07) is 14.7. The summed E-state index contributed by atoms with van der Waals surface area (Å²) < 4.78 is 5.36. The van der Waals surface area contributed by atoms with Crippen LogP contribution in [0, 0.1) is 0 Å². The third kappa shape index (κ3) is 2.50. The van der Waals surface area contributed by atoms with E-state index < -0.39 is 0 Å². The van der Waals surface area contributed by atoms with Gasteiger partial charge in [0.25, 0.3) is 0 Å². The van der Waals surface area contributed by atoms with Crippen LogP contribution in [-0.2, 0) is 4.79 Å².